The molecule has 0 saturated carbocycles. The Hall–Kier alpha value is -0.570. The predicted octanol–water partition coefficient (Wildman–Crippen LogP) is -0.747. The molecule has 2 nitrogen and oxygen atoms in total. The molecule has 2 rings (SSSR count). The van der Waals surface area contributed by atoms with Crippen LogP contribution in [0.15, 0.2) is 24.3 Å². The molecule has 0 unspecified atom stereocenters. The van der Waals surface area contributed by atoms with Crippen molar-refractivity contribution in [2.45, 2.75) is 6.54 Å². The molecule has 15 heavy (non-hydrogen) atoms. The second kappa shape index (κ2) is 4.97. The fraction of sp³-hybridized carbons (Fsp3) is 0.500. The van der Waals surface area contributed by atoms with Gasteiger partial charge in [0.25, 0.3) is 0 Å². The van der Waals surface area contributed by atoms with E-state index in [-0.39, 0.29) is 0 Å². The summed E-state index contributed by atoms with van der Waals surface area (Å²) in [7, 11) is 2.27. The summed E-state index contributed by atoms with van der Waals surface area (Å²) in [4.78, 5) is 3.31. The number of hydrogen-bond acceptors (Lipinski definition) is 0. The van der Waals surface area contributed by atoms with E-state index in [1.54, 1.807) is 9.80 Å². The van der Waals surface area contributed by atoms with Crippen LogP contribution in [0.4, 0.5) is 0 Å². The van der Waals surface area contributed by atoms with Gasteiger partial charge in [-0.1, -0.05) is 29.8 Å². The molecule has 1 aliphatic heterocycles. The molecule has 1 heterocycles. The third-order valence-corrected chi connectivity index (χ3v) is 3.58. The van der Waals surface area contributed by atoms with Gasteiger partial charge in [-0.05, 0) is 6.07 Å². The number of quaternary nitrogens is 2. The molecule has 1 saturated heterocycles. The van der Waals surface area contributed by atoms with Crippen LogP contribution in [-0.2, 0) is 6.54 Å². The number of likely N-dealkylation sites (N-methyl/N-ethyl adjacent to an activating group) is 1. The van der Waals surface area contributed by atoms with E-state index in [4.69, 9.17) is 11.6 Å². The molecule has 0 aromatic heterocycles. The van der Waals surface area contributed by atoms with E-state index in [9.17, 15) is 0 Å². The van der Waals surface area contributed by atoms with E-state index < -0.39 is 0 Å². The second-order valence-corrected chi connectivity index (χ2v) is 4.88. The van der Waals surface area contributed by atoms with E-state index in [1.807, 2.05) is 12.1 Å². The van der Waals surface area contributed by atoms with Crippen LogP contribution < -0.4 is 9.80 Å². The Balaban J connectivity index is 1.95. The summed E-state index contributed by atoms with van der Waals surface area (Å²) in [6.07, 6.45) is 0. The molecular weight excluding hydrogens is 208 g/mol. The van der Waals surface area contributed by atoms with Crippen molar-refractivity contribution in [3.05, 3.63) is 34.9 Å². The SMILES string of the molecule is C[NH+]1CC[NH+](Cc2ccccc2Cl)CC1. The first kappa shape index (κ1) is 10.9. The largest absolute Gasteiger partial charge is 0.328 e. The highest BCUT2D eigenvalue weighted by molar-refractivity contribution is 6.31. The van der Waals surface area contributed by atoms with Gasteiger partial charge < -0.3 is 9.80 Å². The molecule has 1 aromatic carbocycles. The van der Waals surface area contributed by atoms with Crippen molar-refractivity contribution in [1.82, 2.24) is 0 Å². The topological polar surface area (TPSA) is 8.88 Å². The minimum Gasteiger partial charge on any atom is -0.328 e. The Labute approximate surface area is 96.4 Å². The lowest BCUT2D eigenvalue weighted by Gasteiger charge is -2.27. The fourth-order valence-electron chi connectivity index (χ4n) is 2.12. The van der Waals surface area contributed by atoms with Gasteiger partial charge in [-0.2, -0.15) is 0 Å². The van der Waals surface area contributed by atoms with Crippen molar-refractivity contribution >= 4 is 11.6 Å². The second-order valence-electron chi connectivity index (χ2n) is 4.48. The molecule has 3 heteroatoms. The van der Waals surface area contributed by atoms with Crippen molar-refractivity contribution in [2.24, 2.45) is 0 Å². The van der Waals surface area contributed by atoms with E-state index in [2.05, 4.69) is 19.2 Å². The molecule has 82 valence electrons. The highest BCUT2D eigenvalue weighted by Gasteiger charge is 2.20. The zero-order chi connectivity index (χ0) is 10.7. The molecule has 0 spiro atoms. The van der Waals surface area contributed by atoms with Crippen LogP contribution in [0, 0.1) is 0 Å². The summed E-state index contributed by atoms with van der Waals surface area (Å²) in [5.41, 5.74) is 1.29. The maximum absolute atomic E-state index is 6.15. The number of halogens is 1. The molecule has 1 aliphatic rings. The minimum atomic E-state index is 0.913. The Morgan fingerprint density at radius 2 is 1.80 bits per heavy atom. The monoisotopic (exact) mass is 226 g/mol. The number of benzene rings is 1. The van der Waals surface area contributed by atoms with Gasteiger partial charge in [-0.15, -0.1) is 0 Å². The lowest BCUT2D eigenvalue weighted by atomic mass is 10.2. The maximum Gasteiger partial charge on any atom is 0.127 e. The zero-order valence-electron chi connectivity index (χ0n) is 9.22. The van der Waals surface area contributed by atoms with E-state index in [0.29, 0.717) is 0 Å². The summed E-state index contributed by atoms with van der Waals surface area (Å²) in [6.45, 7) is 6.15. The zero-order valence-corrected chi connectivity index (χ0v) is 9.98. The fourth-order valence-corrected chi connectivity index (χ4v) is 2.32. The number of hydrogen-bond donors (Lipinski definition) is 2. The van der Waals surface area contributed by atoms with Gasteiger partial charge in [-0.3, -0.25) is 0 Å². The van der Waals surface area contributed by atoms with Crippen LogP contribution in [0.2, 0.25) is 5.02 Å². The van der Waals surface area contributed by atoms with Gasteiger partial charge in [0.2, 0.25) is 0 Å². The summed E-state index contributed by atoms with van der Waals surface area (Å²) in [6, 6.07) is 8.19. The average Bonchev–Trinajstić information content (AvgIpc) is 2.25. The Morgan fingerprint density at radius 1 is 1.13 bits per heavy atom. The number of piperazine rings is 1. The van der Waals surface area contributed by atoms with Crippen LogP contribution in [0.25, 0.3) is 0 Å². The standard InChI is InChI=1S/C12H17ClN2/c1-14-6-8-15(9-7-14)10-11-4-2-3-5-12(11)13/h2-5H,6-10H2,1H3/p+2. The predicted molar refractivity (Wildman–Crippen MR) is 62.5 cm³/mol. The van der Waals surface area contributed by atoms with E-state index >= 15 is 0 Å². The van der Waals surface area contributed by atoms with Gasteiger partial charge in [0, 0.05) is 10.6 Å². The molecule has 2 N–H and O–H groups in total. The van der Waals surface area contributed by atoms with Gasteiger partial charge in [0.1, 0.15) is 32.7 Å². The van der Waals surface area contributed by atoms with Gasteiger partial charge in [0.15, 0.2) is 0 Å². The Kier molecular flexibility index (Phi) is 3.62. The highest BCUT2D eigenvalue weighted by atomic mass is 35.5. The smallest absolute Gasteiger partial charge is 0.127 e. The average molecular weight is 227 g/mol. The molecular formula is C12H19ClN2+2. The Bertz CT molecular complexity index is 319. The first-order valence-electron chi connectivity index (χ1n) is 5.64. The number of nitrogens with one attached hydrogen (secondary N) is 2. The first-order valence-corrected chi connectivity index (χ1v) is 6.02. The van der Waals surface area contributed by atoms with Crippen molar-refractivity contribution in [2.75, 3.05) is 33.2 Å². The van der Waals surface area contributed by atoms with Gasteiger partial charge in [0.05, 0.1) is 7.05 Å². The van der Waals surface area contributed by atoms with E-state index in [1.165, 1.54) is 31.7 Å². The molecule has 0 atom stereocenters. The van der Waals surface area contributed by atoms with Crippen molar-refractivity contribution in [3.8, 4) is 0 Å². The molecule has 1 aromatic rings. The van der Waals surface area contributed by atoms with Crippen LogP contribution >= 0.6 is 11.6 Å². The lowest BCUT2D eigenvalue weighted by molar-refractivity contribution is -1.01. The summed E-state index contributed by atoms with van der Waals surface area (Å²) in [5.74, 6) is 0. The summed E-state index contributed by atoms with van der Waals surface area (Å²) < 4.78 is 0. The van der Waals surface area contributed by atoms with E-state index in [0.717, 1.165) is 11.6 Å². The third-order valence-electron chi connectivity index (χ3n) is 3.21. The van der Waals surface area contributed by atoms with Crippen LogP contribution in [-0.4, -0.2) is 33.2 Å². The first-order chi connectivity index (χ1) is 7.25. The lowest BCUT2D eigenvalue weighted by Crippen LogP contribution is -3.26. The van der Waals surface area contributed by atoms with Gasteiger partial charge >= 0.3 is 0 Å². The molecule has 1 fully saturated rings. The maximum atomic E-state index is 6.15. The quantitative estimate of drug-likeness (QED) is 0.657. The molecule has 0 radical (unpaired) electrons. The normalized spacial score (nSPS) is 26.5. The third kappa shape index (κ3) is 2.94. The van der Waals surface area contributed by atoms with Gasteiger partial charge in [-0.25, -0.2) is 0 Å². The van der Waals surface area contributed by atoms with Crippen molar-refractivity contribution in [3.63, 3.8) is 0 Å². The van der Waals surface area contributed by atoms with Crippen LogP contribution in [0.1, 0.15) is 5.56 Å². The van der Waals surface area contributed by atoms with Crippen molar-refractivity contribution in [1.29, 1.82) is 0 Å². The van der Waals surface area contributed by atoms with Crippen LogP contribution in [0.3, 0.4) is 0 Å². The number of rotatable bonds is 2. The Morgan fingerprint density at radius 3 is 2.47 bits per heavy atom. The molecule has 0 aliphatic carbocycles. The summed E-state index contributed by atoms with van der Waals surface area (Å²) in [5, 5.41) is 0.913. The molecule has 0 bridgehead atoms. The summed E-state index contributed by atoms with van der Waals surface area (Å²) >= 11 is 6.15. The highest BCUT2D eigenvalue weighted by Crippen LogP contribution is 2.13. The minimum absolute atomic E-state index is 0.913. The molecule has 0 amide bonds. The van der Waals surface area contributed by atoms with Crippen molar-refractivity contribution < 1.29 is 9.80 Å². The van der Waals surface area contributed by atoms with Crippen LogP contribution in [0.5, 0.6) is 0 Å².